The molecule has 2 fully saturated rings. The molecule has 2 saturated carbocycles. The Kier molecular flexibility index (Phi) is 4.83. The molecule has 0 radical (unpaired) electrons. The van der Waals surface area contributed by atoms with Crippen LogP contribution in [0, 0.1) is 5.92 Å². The molecule has 0 aromatic heterocycles. The molecule has 17 heavy (non-hydrogen) atoms. The van der Waals surface area contributed by atoms with Crippen molar-refractivity contribution in [3.8, 4) is 0 Å². The van der Waals surface area contributed by atoms with E-state index in [1.54, 1.807) is 0 Å². The van der Waals surface area contributed by atoms with Gasteiger partial charge < -0.3 is 15.5 Å². The van der Waals surface area contributed by atoms with Crippen molar-refractivity contribution in [3.63, 3.8) is 0 Å². The van der Waals surface area contributed by atoms with Gasteiger partial charge in [-0.3, -0.25) is 0 Å². The molecular formula is C14H27NO2. The van der Waals surface area contributed by atoms with E-state index >= 15 is 0 Å². The van der Waals surface area contributed by atoms with Crippen LogP contribution in [0.2, 0.25) is 0 Å². The predicted molar refractivity (Wildman–Crippen MR) is 68.9 cm³/mol. The highest BCUT2D eigenvalue weighted by Gasteiger charge is 2.29. The van der Waals surface area contributed by atoms with Gasteiger partial charge in [-0.15, -0.1) is 0 Å². The number of rotatable bonds is 4. The highest BCUT2D eigenvalue weighted by molar-refractivity contribution is 4.85. The molecule has 3 heteroatoms. The normalized spacial score (nSPS) is 33.5. The van der Waals surface area contributed by atoms with E-state index in [1.165, 1.54) is 19.3 Å². The van der Waals surface area contributed by atoms with Crippen molar-refractivity contribution < 1.29 is 10.2 Å². The summed E-state index contributed by atoms with van der Waals surface area (Å²) in [6.45, 7) is 1.57. The van der Waals surface area contributed by atoms with Crippen LogP contribution in [0.15, 0.2) is 0 Å². The number of nitrogens with one attached hydrogen (secondary N) is 1. The van der Waals surface area contributed by atoms with Crippen LogP contribution >= 0.6 is 0 Å². The molecule has 0 aromatic carbocycles. The summed E-state index contributed by atoms with van der Waals surface area (Å²) in [5, 5.41) is 23.6. The molecule has 0 aromatic rings. The number of hydrogen-bond donors (Lipinski definition) is 3. The molecule has 0 heterocycles. The number of aliphatic hydroxyl groups is 2. The van der Waals surface area contributed by atoms with Crippen LogP contribution in [0.4, 0.5) is 0 Å². The lowest BCUT2D eigenvalue weighted by atomic mass is 9.84. The lowest BCUT2D eigenvalue weighted by Gasteiger charge is -2.34. The molecule has 0 amide bonds. The topological polar surface area (TPSA) is 52.5 Å². The van der Waals surface area contributed by atoms with Gasteiger partial charge in [0, 0.05) is 13.1 Å². The van der Waals surface area contributed by atoms with E-state index in [-0.39, 0.29) is 6.10 Å². The summed E-state index contributed by atoms with van der Waals surface area (Å²) in [6.07, 6.45) is 9.83. The summed E-state index contributed by atoms with van der Waals surface area (Å²) < 4.78 is 0. The van der Waals surface area contributed by atoms with Crippen molar-refractivity contribution in [2.45, 2.75) is 69.5 Å². The molecule has 2 aliphatic rings. The molecule has 2 aliphatic carbocycles. The molecule has 100 valence electrons. The Hall–Kier alpha value is -0.120. The Morgan fingerprint density at radius 1 is 1.00 bits per heavy atom. The summed E-state index contributed by atoms with van der Waals surface area (Å²) in [6, 6.07) is 0. The summed E-state index contributed by atoms with van der Waals surface area (Å²) >= 11 is 0. The fraction of sp³-hybridized carbons (Fsp3) is 1.00. The highest BCUT2D eigenvalue weighted by Crippen LogP contribution is 2.28. The van der Waals surface area contributed by atoms with Crippen molar-refractivity contribution in [1.29, 1.82) is 0 Å². The van der Waals surface area contributed by atoms with Gasteiger partial charge in [0.25, 0.3) is 0 Å². The zero-order valence-corrected chi connectivity index (χ0v) is 10.8. The third kappa shape index (κ3) is 3.94. The van der Waals surface area contributed by atoms with Gasteiger partial charge >= 0.3 is 0 Å². The van der Waals surface area contributed by atoms with Gasteiger partial charge in [0.2, 0.25) is 0 Å². The minimum atomic E-state index is -0.474. The maximum absolute atomic E-state index is 10.3. The Morgan fingerprint density at radius 3 is 2.41 bits per heavy atom. The van der Waals surface area contributed by atoms with Gasteiger partial charge in [-0.25, -0.2) is 0 Å². The maximum Gasteiger partial charge on any atom is 0.0771 e. The van der Waals surface area contributed by atoms with E-state index in [9.17, 15) is 10.2 Å². The van der Waals surface area contributed by atoms with Crippen LogP contribution in [0.5, 0.6) is 0 Å². The van der Waals surface area contributed by atoms with Crippen LogP contribution in [0.1, 0.15) is 57.8 Å². The van der Waals surface area contributed by atoms with Crippen LogP contribution in [-0.4, -0.2) is 35.0 Å². The van der Waals surface area contributed by atoms with E-state index in [0.29, 0.717) is 12.5 Å². The second-order valence-corrected chi connectivity index (χ2v) is 6.03. The van der Waals surface area contributed by atoms with E-state index < -0.39 is 5.60 Å². The Balaban J connectivity index is 1.67. The monoisotopic (exact) mass is 241 g/mol. The standard InChI is InChI=1S/C14H27NO2/c16-13-7-3-2-6-12(13)10-15-11-14(17)8-4-1-5-9-14/h12-13,15-17H,1-11H2. The molecule has 2 atom stereocenters. The van der Waals surface area contributed by atoms with Crippen molar-refractivity contribution >= 4 is 0 Å². The quantitative estimate of drug-likeness (QED) is 0.704. The molecule has 0 aliphatic heterocycles. The lowest BCUT2D eigenvalue weighted by molar-refractivity contribution is 0.000733. The first kappa shape index (κ1) is 13.3. The van der Waals surface area contributed by atoms with E-state index in [1.807, 2.05) is 0 Å². The molecule has 0 spiro atoms. The van der Waals surface area contributed by atoms with Crippen molar-refractivity contribution in [3.05, 3.63) is 0 Å². The largest absolute Gasteiger partial charge is 0.393 e. The number of aliphatic hydroxyl groups excluding tert-OH is 1. The molecule has 0 saturated heterocycles. The maximum atomic E-state index is 10.3. The predicted octanol–water partition coefficient (Wildman–Crippen LogP) is 1.82. The highest BCUT2D eigenvalue weighted by atomic mass is 16.3. The molecule has 2 rings (SSSR count). The van der Waals surface area contributed by atoms with Gasteiger partial charge in [0.1, 0.15) is 0 Å². The zero-order valence-electron chi connectivity index (χ0n) is 10.8. The first-order valence-electron chi connectivity index (χ1n) is 7.31. The van der Waals surface area contributed by atoms with Crippen LogP contribution in [0.3, 0.4) is 0 Å². The van der Waals surface area contributed by atoms with Gasteiger partial charge in [0.05, 0.1) is 11.7 Å². The Bertz CT molecular complexity index is 226. The Morgan fingerprint density at radius 2 is 1.71 bits per heavy atom. The van der Waals surface area contributed by atoms with E-state index in [0.717, 1.165) is 45.1 Å². The third-order valence-electron chi connectivity index (χ3n) is 4.51. The van der Waals surface area contributed by atoms with Crippen molar-refractivity contribution in [2.75, 3.05) is 13.1 Å². The minimum Gasteiger partial charge on any atom is -0.393 e. The molecule has 3 N–H and O–H groups in total. The van der Waals surface area contributed by atoms with Crippen molar-refractivity contribution in [1.82, 2.24) is 5.32 Å². The first-order valence-corrected chi connectivity index (χ1v) is 7.31. The summed E-state index contributed by atoms with van der Waals surface area (Å²) in [7, 11) is 0. The molecule has 0 bridgehead atoms. The fourth-order valence-corrected chi connectivity index (χ4v) is 3.30. The van der Waals surface area contributed by atoms with Gasteiger partial charge in [-0.1, -0.05) is 32.1 Å². The van der Waals surface area contributed by atoms with Crippen molar-refractivity contribution in [2.24, 2.45) is 5.92 Å². The van der Waals surface area contributed by atoms with Crippen LogP contribution in [0.25, 0.3) is 0 Å². The molecule has 3 nitrogen and oxygen atoms in total. The Labute approximate surface area is 105 Å². The summed E-state index contributed by atoms with van der Waals surface area (Å²) in [4.78, 5) is 0. The molecular weight excluding hydrogens is 214 g/mol. The summed E-state index contributed by atoms with van der Waals surface area (Å²) in [5.74, 6) is 0.399. The van der Waals surface area contributed by atoms with Gasteiger partial charge in [-0.2, -0.15) is 0 Å². The van der Waals surface area contributed by atoms with E-state index in [4.69, 9.17) is 0 Å². The third-order valence-corrected chi connectivity index (χ3v) is 4.51. The zero-order chi connectivity index (χ0) is 12.1. The van der Waals surface area contributed by atoms with Crippen LogP contribution < -0.4 is 5.32 Å². The molecule has 2 unspecified atom stereocenters. The average Bonchev–Trinajstić information content (AvgIpc) is 2.32. The average molecular weight is 241 g/mol. The van der Waals surface area contributed by atoms with Crippen LogP contribution in [-0.2, 0) is 0 Å². The first-order chi connectivity index (χ1) is 8.20. The fourth-order valence-electron chi connectivity index (χ4n) is 3.30. The van der Waals surface area contributed by atoms with Gasteiger partial charge in [0.15, 0.2) is 0 Å². The SMILES string of the molecule is OC1CCCCC1CNCC1(O)CCCCC1. The van der Waals surface area contributed by atoms with Gasteiger partial charge in [-0.05, 0) is 31.6 Å². The number of hydrogen-bond acceptors (Lipinski definition) is 3. The lowest BCUT2D eigenvalue weighted by Crippen LogP contribution is -2.45. The second kappa shape index (κ2) is 6.17. The minimum absolute atomic E-state index is 0.128. The summed E-state index contributed by atoms with van der Waals surface area (Å²) in [5.41, 5.74) is -0.474. The smallest absolute Gasteiger partial charge is 0.0771 e. The second-order valence-electron chi connectivity index (χ2n) is 6.03. The van der Waals surface area contributed by atoms with E-state index in [2.05, 4.69) is 5.32 Å².